The molecule has 0 spiro atoms. The molecule has 0 saturated heterocycles. The third kappa shape index (κ3) is 1.39. The minimum absolute atomic E-state index is 0.498. The lowest BCUT2D eigenvalue weighted by molar-refractivity contribution is 0.0890. The van der Waals surface area contributed by atoms with Gasteiger partial charge >= 0.3 is 0 Å². The highest BCUT2D eigenvalue weighted by Crippen LogP contribution is 2.48. The third-order valence-corrected chi connectivity index (χ3v) is 3.58. The molecule has 3 rings (SSSR count). The first kappa shape index (κ1) is 11.1. The van der Waals surface area contributed by atoms with Crippen LogP contribution in [0, 0.1) is 0 Å². The Hall–Kier alpha value is -2.06. The van der Waals surface area contributed by atoms with Crippen LogP contribution in [0.1, 0.15) is 17.5 Å². The van der Waals surface area contributed by atoms with E-state index in [2.05, 4.69) is 12.1 Å². The van der Waals surface area contributed by atoms with Gasteiger partial charge in [-0.2, -0.15) is 0 Å². The van der Waals surface area contributed by atoms with Crippen molar-refractivity contribution in [1.29, 1.82) is 0 Å². The second-order valence-electron chi connectivity index (χ2n) is 4.58. The second kappa shape index (κ2) is 4.00. The maximum atomic E-state index is 11.0. The van der Waals surface area contributed by atoms with Gasteiger partial charge in [0.05, 0.1) is 0 Å². The van der Waals surface area contributed by atoms with Crippen molar-refractivity contribution in [2.24, 2.45) is 5.73 Å². The van der Waals surface area contributed by atoms with Gasteiger partial charge in [0.2, 0.25) is 0 Å². The molecule has 0 aromatic heterocycles. The predicted octanol–water partition coefficient (Wildman–Crippen LogP) is 2.77. The van der Waals surface area contributed by atoms with Crippen molar-refractivity contribution in [3.63, 3.8) is 0 Å². The monoisotopic (exact) mass is 237 g/mol. The van der Waals surface area contributed by atoms with Crippen LogP contribution in [0.25, 0.3) is 11.1 Å². The molecule has 0 saturated carbocycles. The van der Waals surface area contributed by atoms with Gasteiger partial charge < -0.3 is 10.8 Å². The Morgan fingerprint density at radius 2 is 1.44 bits per heavy atom. The maximum Gasteiger partial charge on any atom is 0.119 e. The molecule has 0 heterocycles. The summed E-state index contributed by atoms with van der Waals surface area (Å²) < 4.78 is 0. The molecule has 2 aromatic carbocycles. The summed E-state index contributed by atoms with van der Waals surface area (Å²) in [7, 11) is 0. The van der Waals surface area contributed by atoms with Crippen molar-refractivity contribution >= 4 is 0 Å². The normalized spacial score (nSPS) is 15.6. The van der Waals surface area contributed by atoms with Crippen LogP contribution >= 0.6 is 0 Å². The Morgan fingerprint density at radius 1 is 0.944 bits per heavy atom. The number of benzene rings is 2. The van der Waals surface area contributed by atoms with Crippen molar-refractivity contribution in [2.45, 2.75) is 12.0 Å². The summed E-state index contributed by atoms with van der Waals surface area (Å²) in [4.78, 5) is 0. The molecular weight excluding hydrogens is 222 g/mol. The van der Waals surface area contributed by atoms with E-state index in [0.29, 0.717) is 6.42 Å². The average Bonchev–Trinajstić information content (AvgIpc) is 2.69. The second-order valence-corrected chi connectivity index (χ2v) is 4.58. The van der Waals surface area contributed by atoms with Gasteiger partial charge in [-0.3, -0.25) is 0 Å². The summed E-state index contributed by atoms with van der Waals surface area (Å²) in [5, 5.41) is 11.0. The summed E-state index contributed by atoms with van der Waals surface area (Å²) in [5.41, 5.74) is 8.61. The van der Waals surface area contributed by atoms with E-state index >= 15 is 0 Å². The van der Waals surface area contributed by atoms with E-state index in [9.17, 15) is 5.11 Å². The highest BCUT2D eigenvalue weighted by Gasteiger charge is 2.39. The van der Waals surface area contributed by atoms with Gasteiger partial charge in [0.15, 0.2) is 0 Å². The summed E-state index contributed by atoms with van der Waals surface area (Å²) in [6.45, 7) is 0. The van der Waals surface area contributed by atoms with Crippen LogP contribution in [0.3, 0.4) is 0 Å². The Kier molecular flexibility index (Phi) is 2.46. The van der Waals surface area contributed by atoms with E-state index in [4.69, 9.17) is 5.73 Å². The molecule has 18 heavy (non-hydrogen) atoms. The molecule has 0 unspecified atom stereocenters. The van der Waals surface area contributed by atoms with Crippen molar-refractivity contribution < 1.29 is 5.11 Å². The van der Waals surface area contributed by atoms with Crippen LogP contribution in [-0.4, -0.2) is 5.11 Å². The van der Waals surface area contributed by atoms with Crippen molar-refractivity contribution in [2.75, 3.05) is 0 Å². The summed E-state index contributed by atoms with van der Waals surface area (Å²) in [6.07, 6.45) is 3.79. The number of hydrogen-bond donors (Lipinski definition) is 2. The lowest BCUT2D eigenvalue weighted by Crippen LogP contribution is -2.23. The van der Waals surface area contributed by atoms with E-state index in [0.717, 1.165) is 22.3 Å². The first-order valence-corrected chi connectivity index (χ1v) is 6.06. The highest BCUT2D eigenvalue weighted by molar-refractivity contribution is 5.80. The van der Waals surface area contributed by atoms with E-state index < -0.39 is 5.60 Å². The van der Waals surface area contributed by atoms with E-state index in [-0.39, 0.29) is 0 Å². The molecule has 2 aromatic rings. The molecule has 0 amide bonds. The molecule has 0 atom stereocenters. The van der Waals surface area contributed by atoms with Crippen LogP contribution in [0.2, 0.25) is 0 Å². The summed E-state index contributed by atoms with van der Waals surface area (Å²) in [5.74, 6) is 0. The van der Waals surface area contributed by atoms with Gasteiger partial charge in [-0.05, 0) is 28.5 Å². The Balaban J connectivity index is 2.26. The SMILES string of the molecule is NC=CCC1(O)c2ccccc2-c2ccccc21. The van der Waals surface area contributed by atoms with E-state index in [1.54, 1.807) is 6.08 Å². The van der Waals surface area contributed by atoms with Gasteiger partial charge in [-0.1, -0.05) is 54.6 Å². The first-order valence-electron chi connectivity index (χ1n) is 6.06. The molecule has 1 aliphatic rings. The van der Waals surface area contributed by atoms with Crippen LogP contribution in [0.15, 0.2) is 60.8 Å². The van der Waals surface area contributed by atoms with E-state index in [1.165, 1.54) is 6.20 Å². The smallest absolute Gasteiger partial charge is 0.119 e. The number of hydrogen-bond acceptors (Lipinski definition) is 2. The fraction of sp³-hybridized carbons (Fsp3) is 0.125. The van der Waals surface area contributed by atoms with Gasteiger partial charge in [0.1, 0.15) is 5.60 Å². The molecule has 0 aliphatic heterocycles. The minimum Gasteiger partial charge on any atom is -0.405 e. The van der Waals surface area contributed by atoms with Crippen LogP contribution in [0.5, 0.6) is 0 Å². The molecule has 2 nitrogen and oxygen atoms in total. The van der Waals surface area contributed by atoms with Crippen molar-refractivity contribution in [3.8, 4) is 11.1 Å². The van der Waals surface area contributed by atoms with Gasteiger partial charge in [-0.25, -0.2) is 0 Å². The largest absolute Gasteiger partial charge is 0.405 e. The zero-order valence-electron chi connectivity index (χ0n) is 10.0. The van der Waals surface area contributed by atoms with Gasteiger partial charge in [0.25, 0.3) is 0 Å². The Labute approximate surface area is 106 Å². The summed E-state index contributed by atoms with van der Waals surface area (Å²) >= 11 is 0. The zero-order chi connectivity index (χ0) is 12.6. The van der Waals surface area contributed by atoms with Crippen molar-refractivity contribution in [1.82, 2.24) is 0 Å². The molecule has 0 radical (unpaired) electrons. The average molecular weight is 237 g/mol. The van der Waals surface area contributed by atoms with Crippen molar-refractivity contribution in [3.05, 3.63) is 71.9 Å². The lowest BCUT2D eigenvalue weighted by atomic mass is 9.88. The fourth-order valence-electron chi connectivity index (χ4n) is 2.76. The standard InChI is InChI=1S/C16H15NO/c17-11-5-10-16(18)14-8-3-1-6-12(14)13-7-2-4-9-15(13)16/h1-9,11,18H,10,17H2. The molecule has 1 aliphatic carbocycles. The highest BCUT2D eigenvalue weighted by atomic mass is 16.3. The zero-order valence-corrected chi connectivity index (χ0v) is 10.0. The topological polar surface area (TPSA) is 46.2 Å². The lowest BCUT2D eigenvalue weighted by Gasteiger charge is -2.24. The molecule has 0 fully saturated rings. The van der Waals surface area contributed by atoms with Crippen LogP contribution in [-0.2, 0) is 5.60 Å². The van der Waals surface area contributed by atoms with E-state index in [1.807, 2.05) is 36.4 Å². The minimum atomic E-state index is -0.955. The number of nitrogens with two attached hydrogens (primary N) is 1. The fourth-order valence-corrected chi connectivity index (χ4v) is 2.76. The number of aliphatic hydroxyl groups is 1. The third-order valence-electron chi connectivity index (χ3n) is 3.58. The number of rotatable bonds is 2. The number of fused-ring (bicyclic) bond motifs is 3. The molecule has 2 heteroatoms. The molecular formula is C16H15NO. The Morgan fingerprint density at radius 3 is 1.94 bits per heavy atom. The Bertz CT molecular complexity index is 570. The quantitative estimate of drug-likeness (QED) is 0.843. The molecule has 0 bridgehead atoms. The first-order chi connectivity index (χ1) is 8.77. The maximum absolute atomic E-state index is 11.0. The predicted molar refractivity (Wildman–Crippen MR) is 72.8 cm³/mol. The van der Waals surface area contributed by atoms with Crippen LogP contribution < -0.4 is 5.73 Å². The van der Waals surface area contributed by atoms with Gasteiger partial charge in [-0.15, -0.1) is 0 Å². The van der Waals surface area contributed by atoms with Crippen LogP contribution in [0.4, 0.5) is 0 Å². The molecule has 90 valence electrons. The summed E-state index contributed by atoms with van der Waals surface area (Å²) in [6, 6.07) is 16.0. The van der Waals surface area contributed by atoms with Gasteiger partial charge in [0, 0.05) is 6.42 Å². The molecule has 3 N–H and O–H groups in total.